The number of hydrogen-bond donors (Lipinski definition) is 3. The maximum atomic E-state index is 13.3. The van der Waals surface area contributed by atoms with Crippen LogP contribution in [0.15, 0.2) is 48.6 Å². The number of carbonyl (C=O) groups excluding carboxylic acids is 2. The summed E-state index contributed by atoms with van der Waals surface area (Å²) in [5.41, 5.74) is 6.77. The monoisotopic (exact) mass is 405 g/mol. The van der Waals surface area contributed by atoms with Crippen molar-refractivity contribution in [3.8, 4) is 5.75 Å². The van der Waals surface area contributed by atoms with Crippen LogP contribution in [-0.4, -0.2) is 31.5 Å². The molecule has 0 bridgehead atoms. The van der Waals surface area contributed by atoms with Crippen LogP contribution in [0.1, 0.15) is 15.9 Å². The molecule has 28 heavy (non-hydrogen) atoms. The van der Waals surface area contributed by atoms with Gasteiger partial charge in [0, 0.05) is 18.8 Å². The highest BCUT2D eigenvalue weighted by Gasteiger charge is 2.12. The molecule has 0 atom stereocenters. The number of ether oxygens (including phenoxy) is 1. The van der Waals surface area contributed by atoms with Crippen molar-refractivity contribution in [2.75, 3.05) is 25.4 Å². The van der Waals surface area contributed by atoms with Gasteiger partial charge in [0.2, 0.25) is 0 Å². The summed E-state index contributed by atoms with van der Waals surface area (Å²) in [6, 6.07) is 9.60. The highest BCUT2D eigenvalue weighted by molar-refractivity contribution is 6.31. The third kappa shape index (κ3) is 6.59. The second-order valence-corrected chi connectivity index (χ2v) is 6.35. The van der Waals surface area contributed by atoms with Gasteiger partial charge in [-0.15, -0.1) is 0 Å². The molecule has 0 radical (unpaired) electrons. The minimum absolute atomic E-state index is 0.00394. The van der Waals surface area contributed by atoms with Gasteiger partial charge in [0.25, 0.3) is 11.8 Å². The van der Waals surface area contributed by atoms with E-state index in [2.05, 4.69) is 10.6 Å². The van der Waals surface area contributed by atoms with Crippen LogP contribution in [0, 0.1) is 12.7 Å². The molecule has 0 fully saturated rings. The molecule has 0 aromatic heterocycles. The average Bonchev–Trinajstić information content (AvgIpc) is 2.65. The summed E-state index contributed by atoms with van der Waals surface area (Å²) in [6.45, 7) is 2.35. The Labute approximate surface area is 167 Å². The molecule has 0 heterocycles. The third-order valence-electron chi connectivity index (χ3n) is 3.66. The van der Waals surface area contributed by atoms with Crippen molar-refractivity contribution in [3.05, 3.63) is 70.5 Å². The number of nitrogen functional groups attached to an aromatic ring is 1. The minimum atomic E-state index is -0.683. The second kappa shape index (κ2) is 10.3. The van der Waals surface area contributed by atoms with Gasteiger partial charge in [-0.2, -0.15) is 0 Å². The number of rotatable bonds is 8. The summed E-state index contributed by atoms with van der Waals surface area (Å²) in [6.07, 6.45) is 3.35. The maximum Gasteiger partial charge on any atom is 0.258 e. The molecule has 0 unspecified atom stereocenters. The molecule has 148 valence electrons. The van der Waals surface area contributed by atoms with E-state index < -0.39 is 11.7 Å². The fraction of sp³-hybridized carbons (Fsp3) is 0.200. The van der Waals surface area contributed by atoms with Crippen molar-refractivity contribution in [2.24, 2.45) is 0 Å². The zero-order chi connectivity index (χ0) is 20.5. The van der Waals surface area contributed by atoms with Crippen LogP contribution in [0.25, 0.3) is 0 Å². The normalized spacial score (nSPS) is 10.7. The minimum Gasteiger partial charge on any atom is -0.484 e. The first-order valence-corrected chi connectivity index (χ1v) is 8.88. The standard InChI is InChI=1S/C20H21ClFN3O3/c1-13-5-4-6-14(9-13)28-12-19(26)24-7-2-3-8-25-20(27)15-10-16(21)17(22)11-18(15)23/h2-6,9-11H,7-8,12,23H2,1H3,(H,24,26)(H,25,27)/b3-2+. The maximum absolute atomic E-state index is 13.3. The summed E-state index contributed by atoms with van der Waals surface area (Å²) < 4.78 is 18.6. The molecule has 0 aliphatic carbocycles. The van der Waals surface area contributed by atoms with E-state index >= 15 is 0 Å². The molecule has 2 aromatic carbocycles. The predicted molar refractivity (Wildman–Crippen MR) is 107 cm³/mol. The van der Waals surface area contributed by atoms with Crippen molar-refractivity contribution >= 4 is 29.1 Å². The van der Waals surface area contributed by atoms with Crippen LogP contribution in [0.3, 0.4) is 0 Å². The lowest BCUT2D eigenvalue weighted by atomic mass is 10.1. The molecule has 0 aliphatic rings. The number of aryl methyl sites for hydroxylation is 1. The van der Waals surface area contributed by atoms with Crippen molar-refractivity contribution < 1.29 is 18.7 Å². The lowest BCUT2D eigenvalue weighted by molar-refractivity contribution is -0.122. The molecule has 0 saturated heterocycles. The van der Waals surface area contributed by atoms with E-state index in [0.29, 0.717) is 5.75 Å². The van der Waals surface area contributed by atoms with E-state index in [4.69, 9.17) is 22.1 Å². The van der Waals surface area contributed by atoms with Crippen molar-refractivity contribution in [1.82, 2.24) is 10.6 Å². The van der Waals surface area contributed by atoms with Crippen LogP contribution in [0.4, 0.5) is 10.1 Å². The number of nitrogens with two attached hydrogens (primary N) is 1. The lowest BCUT2D eigenvalue weighted by Gasteiger charge is -2.07. The summed E-state index contributed by atoms with van der Waals surface area (Å²) >= 11 is 5.66. The number of anilines is 1. The smallest absolute Gasteiger partial charge is 0.258 e. The first-order chi connectivity index (χ1) is 13.4. The molecule has 6 nitrogen and oxygen atoms in total. The number of benzene rings is 2. The molecule has 4 N–H and O–H groups in total. The average molecular weight is 406 g/mol. The van der Waals surface area contributed by atoms with Crippen molar-refractivity contribution in [2.45, 2.75) is 6.92 Å². The van der Waals surface area contributed by atoms with Gasteiger partial charge in [-0.1, -0.05) is 35.9 Å². The molecule has 2 amide bonds. The first-order valence-electron chi connectivity index (χ1n) is 8.50. The number of amides is 2. The highest BCUT2D eigenvalue weighted by atomic mass is 35.5. The summed E-state index contributed by atoms with van der Waals surface area (Å²) in [5, 5.41) is 5.09. The molecule has 2 rings (SSSR count). The topological polar surface area (TPSA) is 93.5 Å². The van der Waals surface area contributed by atoms with E-state index in [1.807, 2.05) is 25.1 Å². The Hall–Kier alpha value is -3.06. The van der Waals surface area contributed by atoms with Crippen molar-refractivity contribution in [3.63, 3.8) is 0 Å². The van der Waals surface area contributed by atoms with E-state index in [9.17, 15) is 14.0 Å². The van der Waals surface area contributed by atoms with Gasteiger partial charge in [-0.05, 0) is 36.8 Å². The quantitative estimate of drug-likeness (QED) is 0.465. The van der Waals surface area contributed by atoms with E-state index in [-0.39, 0.29) is 41.9 Å². The van der Waals surface area contributed by atoms with Crippen LogP contribution in [0.5, 0.6) is 5.75 Å². The number of halogens is 2. The molecule has 2 aromatic rings. The molecule has 0 aliphatic heterocycles. The predicted octanol–water partition coefficient (Wildman–Crippen LogP) is 2.85. The van der Waals surface area contributed by atoms with E-state index in [1.54, 1.807) is 18.2 Å². The van der Waals surface area contributed by atoms with Crippen molar-refractivity contribution in [1.29, 1.82) is 0 Å². The van der Waals surface area contributed by atoms with Gasteiger partial charge in [0.15, 0.2) is 6.61 Å². The lowest BCUT2D eigenvalue weighted by Crippen LogP contribution is -2.29. The summed E-state index contributed by atoms with van der Waals surface area (Å²) in [7, 11) is 0. The second-order valence-electron chi connectivity index (χ2n) is 5.94. The van der Waals surface area contributed by atoms with E-state index in [0.717, 1.165) is 11.6 Å². The third-order valence-corrected chi connectivity index (χ3v) is 3.95. The Morgan fingerprint density at radius 3 is 2.61 bits per heavy atom. The zero-order valence-electron chi connectivity index (χ0n) is 15.3. The SMILES string of the molecule is Cc1cccc(OCC(=O)NC/C=C/CNC(=O)c2cc(Cl)c(F)cc2N)c1. The number of nitrogens with one attached hydrogen (secondary N) is 2. The molecule has 0 saturated carbocycles. The van der Waals surface area contributed by atoms with Gasteiger partial charge in [-0.25, -0.2) is 4.39 Å². The largest absolute Gasteiger partial charge is 0.484 e. The van der Waals surface area contributed by atoms with Crippen LogP contribution in [-0.2, 0) is 4.79 Å². The van der Waals surface area contributed by atoms with Crippen LogP contribution >= 0.6 is 11.6 Å². The fourth-order valence-electron chi connectivity index (χ4n) is 2.25. The van der Waals surface area contributed by atoms with E-state index in [1.165, 1.54) is 6.07 Å². The molecular weight excluding hydrogens is 385 g/mol. The van der Waals surface area contributed by atoms with Gasteiger partial charge >= 0.3 is 0 Å². The Bertz CT molecular complexity index is 887. The zero-order valence-corrected chi connectivity index (χ0v) is 16.1. The van der Waals surface area contributed by atoms with Crippen LogP contribution in [0.2, 0.25) is 5.02 Å². The Morgan fingerprint density at radius 2 is 1.89 bits per heavy atom. The van der Waals surface area contributed by atoms with Gasteiger partial charge < -0.3 is 21.1 Å². The summed E-state index contributed by atoms with van der Waals surface area (Å²) in [5.74, 6) is -0.783. The molecule has 8 heteroatoms. The van der Waals surface area contributed by atoms with Gasteiger partial charge in [0.1, 0.15) is 11.6 Å². The number of carbonyl (C=O) groups is 2. The Balaban J connectivity index is 1.67. The molecular formula is C20H21ClFN3O3. The number of hydrogen-bond acceptors (Lipinski definition) is 4. The summed E-state index contributed by atoms with van der Waals surface area (Å²) in [4.78, 5) is 23.7. The fourth-order valence-corrected chi connectivity index (χ4v) is 2.41. The van der Waals surface area contributed by atoms with Gasteiger partial charge in [0.05, 0.1) is 10.6 Å². The van der Waals surface area contributed by atoms with Gasteiger partial charge in [-0.3, -0.25) is 9.59 Å². The Morgan fingerprint density at radius 1 is 1.18 bits per heavy atom. The molecule has 0 spiro atoms. The first kappa shape index (κ1) is 21.2. The highest BCUT2D eigenvalue weighted by Crippen LogP contribution is 2.21. The Kier molecular flexibility index (Phi) is 7.83. The van der Waals surface area contributed by atoms with Crippen LogP contribution < -0.4 is 21.1 Å².